The number of carbonyl (C=O) groups is 1. The van der Waals surface area contributed by atoms with Gasteiger partial charge in [-0.25, -0.2) is 0 Å². The first kappa shape index (κ1) is 32.6. The van der Waals surface area contributed by atoms with E-state index in [9.17, 15) is 4.79 Å². The summed E-state index contributed by atoms with van der Waals surface area (Å²) in [7, 11) is 0. The van der Waals surface area contributed by atoms with Gasteiger partial charge in [0.25, 0.3) is 0 Å². The summed E-state index contributed by atoms with van der Waals surface area (Å²) >= 11 is 0. The van der Waals surface area contributed by atoms with Gasteiger partial charge in [0, 0.05) is 10.8 Å². The highest BCUT2D eigenvalue weighted by Crippen LogP contribution is 2.23. The first-order valence-corrected chi connectivity index (χ1v) is 9.72. The van der Waals surface area contributed by atoms with Gasteiger partial charge < -0.3 is 5.73 Å². The average Bonchev–Trinajstić information content (AvgIpc) is 2.37. The Hall–Kier alpha value is -1.04. The number of hydrogen-bond acceptors (Lipinski definition) is 2. The van der Waals surface area contributed by atoms with Crippen molar-refractivity contribution in [2.45, 2.75) is 110 Å². The molecule has 0 aliphatic heterocycles. The van der Waals surface area contributed by atoms with Gasteiger partial charge in [-0.15, -0.1) is 0 Å². The topological polar surface area (TPSA) is 66.9 Å². The molecule has 3 heteroatoms. The number of hydrogen-bond donors (Lipinski definition) is 1. The van der Waals surface area contributed by atoms with E-state index in [4.69, 9.17) is 11.0 Å². The Balaban J connectivity index is -0.000000124. The minimum Gasteiger partial charge on any atom is -0.369 e. The van der Waals surface area contributed by atoms with Crippen molar-refractivity contribution in [1.29, 1.82) is 5.26 Å². The average molecular weight is 371 g/mol. The maximum Gasteiger partial charge on any atom is 0.222 e. The molecule has 0 saturated carbocycles. The molecular weight excluding hydrogens is 320 g/mol. The van der Waals surface area contributed by atoms with Gasteiger partial charge in [0.05, 0.1) is 6.07 Å². The lowest BCUT2D eigenvalue weighted by atomic mass is 9.84. The Morgan fingerprint density at radius 1 is 0.885 bits per heavy atom. The molecule has 0 aromatic rings. The molecule has 2 N–H and O–H groups in total. The van der Waals surface area contributed by atoms with Gasteiger partial charge in [0.1, 0.15) is 0 Å². The van der Waals surface area contributed by atoms with Crippen LogP contribution in [0.15, 0.2) is 0 Å². The molecule has 26 heavy (non-hydrogen) atoms. The van der Waals surface area contributed by atoms with E-state index in [-0.39, 0.29) is 16.7 Å². The number of nitrogens with two attached hydrogens (primary N) is 1. The Kier molecular flexibility index (Phi) is 16.5. The van der Waals surface area contributed by atoms with E-state index in [0.29, 0.717) is 10.8 Å². The van der Waals surface area contributed by atoms with Gasteiger partial charge in [-0.05, 0) is 37.5 Å². The molecular formula is C23H50N2O. The van der Waals surface area contributed by atoms with E-state index < -0.39 is 0 Å². The second-order valence-corrected chi connectivity index (χ2v) is 11.4. The van der Waals surface area contributed by atoms with Crippen LogP contribution in [0.2, 0.25) is 0 Å². The van der Waals surface area contributed by atoms with Crippen molar-refractivity contribution in [3.05, 3.63) is 0 Å². The standard InChI is InChI=1S/C7H16.C6H14.C5H11NO.C5H9N/c1-6(2)7(3,4)5;1-5-6(2,3)4;1-5(2,3)4(6)7;1-5(2,3)4-6/h6H,1-5H3;5H2,1-4H3;1-3H3,(H2,6,7);1-3H3. The molecule has 0 unspecified atom stereocenters. The number of nitriles is 1. The van der Waals surface area contributed by atoms with E-state index in [0.717, 1.165) is 5.92 Å². The maximum absolute atomic E-state index is 10.2. The second-order valence-electron chi connectivity index (χ2n) is 11.4. The van der Waals surface area contributed by atoms with Crippen LogP contribution in [0.1, 0.15) is 110 Å². The first-order valence-electron chi connectivity index (χ1n) is 9.72. The van der Waals surface area contributed by atoms with Gasteiger partial charge in [0.15, 0.2) is 0 Å². The Morgan fingerprint density at radius 2 is 1.04 bits per heavy atom. The molecule has 0 heterocycles. The Morgan fingerprint density at radius 3 is 1.04 bits per heavy atom. The van der Waals surface area contributed by atoms with Crippen LogP contribution in [-0.2, 0) is 4.79 Å². The fourth-order valence-electron chi connectivity index (χ4n) is 0. The van der Waals surface area contributed by atoms with E-state index in [1.54, 1.807) is 20.8 Å². The fraction of sp³-hybridized carbons (Fsp3) is 0.913. The molecule has 0 aliphatic rings. The van der Waals surface area contributed by atoms with Crippen molar-refractivity contribution in [3.8, 4) is 6.07 Å². The molecule has 158 valence electrons. The normalized spacial score (nSPS) is 11.7. The predicted molar refractivity (Wildman–Crippen MR) is 118 cm³/mol. The van der Waals surface area contributed by atoms with Crippen LogP contribution in [0.5, 0.6) is 0 Å². The van der Waals surface area contributed by atoms with Gasteiger partial charge in [-0.2, -0.15) is 5.26 Å². The van der Waals surface area contributed by atoms with Gasteiger partial charge in [-0.3, -0.25) is 4.79 Å². The lowest BCUT2D eigenvalue weighted by Crippen LogP contribution is -2.27. The van der Waals surface area contributed by atoms with Gasteiger partial charge >= 0.3 is 0 Å². The van der Waals surface area contributed by atoms with Crippen LogP contribution in [0.3, 0.4) is 0 Å². The zero-order chi connectivity index (χ0) is 22.6. The first-order chi connectivity index (χ1) is 11.0. The van der Waals surface area contributed by atoms with Crippen molar-refractivity contribution in [1.82, 2.24) is 0 Å². The molecule has 0 aliphatic carbocycles. The van der Waals surface area contributed by atoms with Crippen molar-refractivity contribution in [3.63, 3.8) is 0 Å². The zero-order valence-corrected chi connectivity index (χ0v) is 20.7. The predicted octanol–water partition coefficient (Wildman–Crippen LogP) is 7.20. The largest absolute Gasteiger partial charge is 0.369 e. The van der Waals surface area contributed by atoms with Crippen LogP contribution in [0.25, 0.3) is 0 Å². The minimum absolute atomic E-state index is 0.153. The summed E-state index contributed by atoms with van der Waals surface area (Å²) in [6.07, 6.45) is 1.27. The van der Waals surface area contributed by atoms with E-state index in [1.165, 1.54) is 6.42 Å². The van der Waals surface area contributed by atoms with Crippen molar-refractivity contribution in [2.75, 3.05) is 0 Å². The number of carbonyl (C=O) groups excluding carboxylic acids is 1. The molecule has 0 aromatic heterocycles. The summed E-state index contributed by atoms with van der Waals surface area (Å²) in [4.78, 5) is 10.2. The van der Waals surface area contributed by atoms with Crippen molar-refractivity contribution >= 4 is 5.91 Å². The summed E-state index contributed by atoms with van der Waals surface area (Å²) in [6.45, 7) is 31.2. The molecule has 0 aromatic carbocycles. The number of nitrogens with zero attached hydrogens (tertiary/aromatic N) is 1. The summed E-state index contributed by atoms with van der Waals surface area (Å²) < 4.78 is 0. The summed E-state index contributed by atoms with van der Waals surface area (Å²) in [5, 5.41) is 8.15. The maximum atomic E-state index is 10.2. The lowest BCUT2D eigenvalue weighted by molar-refractivity contribution is -0.125. The Labute approximate surface area is 166 Å². The van der Waals surface area contributed by atoms with Crippen LogP contribution >= 0.6 is 0 Å². The minimum atomic E-state index is -0.361. The fourth-order valence-corrected chi connectivity index (χ4v) is 0. The number of primary amides is 1. The Bertz CT molecular complexity index is 388. The molecule has 0 saturated heterocycles. The third-order valence-corrected chi connectivity index (χ3v) is 3.87. The van der Waals surface area contributed by atoms with Crippen LogP contribution in [0.4, 0.5) is 0 Å². The van der Waals surface area contributed by atoms with Crippen LogP contribution in [0, 0.1) is 38.9 Å². The molecule has 0 radical (unpaired) electrons. The molecule has 1 amide bonds. The van der Waals surface area contributed by atoms with Crippen molar-refractivity contribution in [2.24, 2.45) is 33.3 Å². The molecule has 0 bridgehead atoms. The monoisotopic (exact) mass is 370 g/mol. The molecule has 0 rings (SSSR count). The lowest BCUT2D eigenvalue weighted by Gasteiger charge is -2.22. The SMILES string of the molecule is CC(C)(C)C#N.CC(C)(C)C(N)=O.CC(C)C(C)(C)C.CCC(C)(C)C. The number of amides is 1. The number of rotatable bonds is 0. The van der Waals surface area contributed by atoms with E-state index >= 15 is 0 Å². The van der Waals surface area contributed by atoms with E-state index in [2.05, 4.69) is 68.4 Å². The third-order valence-electron chi connectivity index (χ3n) is 3.87. The smallest absolute Gasteiger partial charge is 0.222 e. The summed E-state index contributed by atoms with van der Waals surface area (Å²) in [5.41, 5.74) is 5.46. The quantitative estimate of drug-likeness (QED) is 0.489. The van der Waals surface area contributed by atoms with Crippen molar-refractivity contribution < 1.29 is 4.79 Å². The molecule has 0 atom stereocenters. The molecule has 3 nitrogen and oxygen atoms in total. The highest BCUT2D eigenvalue weighted by atomic mass is 16.1. The van der Waals surface area contributed by atoms with Gasteiger partial charge in [-0.1, -0.05) is 89.5 Å². The highest BCUT2D eigenvalue weighted by Gasteiger charge is 2.16. The third kappa shape index (κ3) is 38.5. The van der Waals surface area contributed by atoms with Gasteiger partial charge in [0.2, 0.25) is 5.91 Å². The van der Waals surface area contributed by atoms with E-state index in [1.807, 2.05) is 20.8 Å². The van der Waals surface area contributed by atoms with Crippen LogP contribution < -0.4 is 5.73 Å². The zero-order valence-electron chi connectivity index (χ0n) is 20.7. The van der Waals surface area contributed by atoms with Crippen LogP contribution in [-0.4, -0.2) is 5.91 Å². The summed E-state index contributed by atoms with van der Waals surface area (Å²) in [5.74, 6) is 0.542. The second kappa shape index (κ2) is 13.2. The highest BCUT2D eigenvalue weighted by molar-refractivity contribution is 5.79. The molecule has 0 fully saturated rings. The molecule has 0 spiro atoms. The summed E-state index contributed by atoms with van der Waals surface area (Å²) in [6, 6.07) is 2.10.